The topological polar surface area (TPSA) is 86.1 Å². The Labute approximate surface area is 167 Å². The summed E-state index contributed by atoms with van der Waals surface area (Å²) in [5.41, 5.74) is 0.893. The normalized spacial score (nSPS) is 11.9. The highest BCUT2D eigenvalue weighted by Crippen LogP contribution is 2.25. The van der Waals surface area contributed by atoms with Crippen LogP contribution in [0.25, 0.3) is 11.4 Å². The van der Waals surface area contributed by atoms with E-state index in [1.54, 1.807) is 19.1 Å². The van der Waals surface area contributed by atoms with Crippen molar-refractivity contribution in [2.75, 3.05) is 12.3 Å². The summed E-state index contributed by atoms with van der Waals surface area (Å²) < 4.78 is 7.08. The van der Waals surface area contributed by atoms with Gasteiger partial charge in [0.25, 0.3) is 5.91 Å². The first-order chi connectivity index (χ1) is 13.0. The average Bonchev–Trinajstić information content (AvgIpc) is 3.07. The van der Waals surface area contributed by atoms with Crippen LogP contribution in [-0.2, 0) is 20.9 Å². The van der Waals surface area contributed by atoms with Crippen LogP contribution in [0.1, 0.15) is 27.2 Å². The molecule has 0 fully saturated rings. The quantitative estimate of drug-likeness (QED) is 0.504. The number of carbonyl (C=O) groups excluding carboxylic acids is 2. The van der Waals surface area contributed by atoms with E-state index in [0.29, 0.717) is 29.1 Å². The number of esters is 1. The Hall–Kier alpha value is -2.06. The number of halogens is 1. The minimum atomic E-state index is -0.821. The summed E-state index contributed by atoms with van der Waals surface area (Å²) in [7, 11) is 0. The molecule has 1 atom stereocenters. The molecule has 0 bridgehead atoms. The maximum Gasteiger partial charge on any atom is 0.317 e. The van der Waals surface area contributed by atoms with Crippen molar-refractivity contribution >= 4 is 35.2 Å². The maximum absolute atomic E-state index is 12.0. The third-order valence-corrected chi connectivity index (χ3v) is 4.87. The van der Waals surface area contributed by atoms with E-state index in [2.05, 4.69) is 15.5 Å². The summed E-state index contributed by atoms with van der Waals surface area (Å²) in [6.07, 6.45) is 0.00330. The van der Waals surface area contributed by atoms with Crippen LogP contribution in [0.2, 0.25) is 5.02 Å². The van der Waals surface area contributed by atoms with E-state index in [-0.39, 0.29) is 11.7 Å². The summed E-state index contributed by atoms with van der Waals surface area (Å²) in [5.74, 6) is -0.0171. The fraction of sp³-hybridized carbons (Fsp3) is 0.444. The molecular weight excluding hydrogens is 388 g/mol. The smallest absolute Gasteiger partial charge is 0.317 e. The number of benzene rings is 1. The number of rotatable bonds is 9. The first-order valence-corrected chi connectivity index (χ1v) is 10.1. The predicted molar refractivity (Wildman–Crippen MR) is 106 cm³/mol. The summed E-state index contributed by atoms with van der Waals surface area (Å²) in [6, 6.07) is 7.33. The lowest BCUT2D eigenvalue weighted by atomic mass is 10.2. The first kappa shape index (κ1) is 21.2. The van der Waals surface area contributed by atoms with E-state index in [1.165, 1.54) is 11.8 Å². The zero-order valence-corrected chi connectivity index (χ0v) is 17.1. The van der Waals surface area contributed by atoms with Crippen molar-refractivity contribution in [1.82, 2.24) is 20.1 Å². The van der Waals surface area contributed by atoms with E-state index in [1.807, 2.05) is 30.5 Å². The van der Waals surface area contributed by atoms with Gasteiger partial charge >= 0.3 is 5.97 Å². The minimum absolute atomic E-state index is 0.0458. The SMILES string of the molecule is CCCNC(=O)[C@@H](C)OC(=O)CSc1nnc(-c2ccc(Cl)cc2)n1CC. The molecule has 1 amide bonds. The molecule has 146 valence electrons. The number of amides is 1. The Bertz CT molecular complexity index is 779. The monoisotopic (exact) mass is 410 g/mol. The molecule has 1 aromatic carbocycles. The predicted octanol–water partition coefficient (Wildman–Crippen LogP) is 3.17. The Balaban J connectivity index is 1.96. The molecule has 1 N–H and O–H groups in total. The molecule has 0 spiro atoms. The van der Waals surface area contributed by atoms with Gasteiger partial charge in [-0.3, -0.25) is 9.59 Å². The molecule has 0 aliphatic heterocycles. The second-order valence-corrected chi connectivity index (χ2v) is 7.15. The van der Waals surface area contributed by atoms with Gasteiger partial charge in [0, 0.05) is 23.7 Å². The lowest BCUT2D eigenvalue weighted by molar-refractivity contribution is -0.152. The van der Waals surface area contributed by atoms with Crippen LogP contribution in [-0.4, -0.2) is 45.0 Å². The lowest BCUT2D eigenvalue weighted by Gasteiger charge is -2.13. The third kappa shape index (κ3) is 5.97. The molecule has 1 heterocycles. The summed E-state index contributed by atoms with van der Waals surface area (Å²) in [5, 5.41) is 12.3. The molecule has 0 saturated carbocycles. The molecule has 0 unspecified atom stereocenters. The number of ether oxygens (including phenoxy) is 1. The van der Waals surface area contributed by atoms with Crippen molar-refractivity contribution in [3.63, 3.8) is 0 Å². The average molecular weight is 411 g/mol. The van der Waals surface area contributed by atoms with Gasteiger partial charge in [-0.05, 0) is 44.5 Å². The van der Waals surface area contributed by atoms with Gasteiger partial charge < -0.3 is 14.6 Å². The zero-order chi connectivity index (χ0) is 19.8. The fourth-order valence-electron chi connectivity index (χ4n) is 2.29. The maximum atomic E-state index is 12.0. The van der Waals surface area contributed by atoms with Crippen LogP contribution in [0.4, 0.5) is 0 Å². The Morgan fingerprint density at radius 1 is 1.26 bits per heavy atom. The second kappa shape index (κ2) is 10.3. The molecule has 27 heavy (non-hydrogen) atoms. The van der Waals surface area contributed by atoms with E-state index in [0.717, 1.165) is 12.0 Å². The number of nitrogens with one attached hydrogen (secondary N) is 1. The van der Waals surface area contributed by atoms with Gasteiger partial charge in [0.15, 0.2) is 17.1 Å². The van der Waals surface area contributed by atoms with Crippen LogP contribution >= 0.6 is 23.4 Å². The number of thioether (sulfide) groups is 1. The Kier molecular flexibility index (Phi) is 8.12. The zero-order valence-electron chi connectivity index (χ0n) is 15.6. The van der Waals surface area contributed by atoms with Gasteiger partial charge in [0.1, 0.15) is 0 Å². The number of carbonyl (C=O) groups is 2. The highest BCUT2D eigenvalue weighted by molar-refractivity contribution is 7.99. The summed E-state index contributed by atoms with van der Waals surface area (Å²) >= 11 is 7.15. The standard InChI is InChI=1S/C18H23ClN4O3S/c1-4-10-20-17(25)12(3)26-15(24)11-27-18-22-21-16(23(18)5-2)13-6-8-14(19)9-7-13/h6-9,12H,4-5,10-11H2,1-3H3,(H,20,25)/t12-/m1/s1. The van der Waals surface area contributed by atoms with Crippen molar-refractivity contribution in [1.29, 1.82) is 0 Å². The minimum Gasteiger partial charge on any atom is -0.452 e. The fourth-order valence-corrected chi connectivity index (χ4v) is 3.20. The van der Waals surface area contributed by atoms with E-state index in [9.17, 15) is 9.59 Å². The van der Waals surface area contributed by atoms with Gasteiger partial charge in [0.2, 0.25) is 0 Å². The van der Waals surface area contributed by atoms with E-state index in [4.69, 9.17) is 16.3 Å². The number of hydrogen-bond donors (Lipinski definition) is 1. The molecule has 0 radical (unpaired) electrons. The molecular formula is C18H23ClN4O3S. The van der Waals surface area contributed by atoms with Crippen LogP contribution in [0.15, 0.2) is 29.4 Å². The van der Waals surface area contributed by atoms with Crippen LogP contribution < -0.4 is 5.32 Å². The van der Waals surface area contributed by atoms with E-state index >= 15 is 0 Å². The van der Waals surface area contributed by atoms with Crippen molar-refractivity contribution in [2.24, 2.45) is 0 Å². The van der Waals surface area contributed by atoms with Crippen molar-refractivity contribution in [2.45, 2.75) is 45.0 Å². The molecule has 9 heteroatoms. The van der Waals surface area contributed by atoms with Gasteiger partial charge in [0.05, 0.1) is 5.75 Å². The Morgan fingerprint density at radius 3 is 2.59 bits per heavy atom. The van der Waals surface area contributed by atoms with E-state index < -0.39 is 12.1 Å². The lowest BCUT2D eigenvalue weighted by Crippen LogP contribution is -2.36. The Morgan fingerprint density at radius 2 is 1.96 bits per heavy atom. The van der Waals surface area contributed by atoms with Gasteiger partial charge in [-0.1, -0.05) is 30.3 Å². The molecule has 2 aromatic rings. The highest BCUT2D eigenvalue weighted by Gasteiger charge is 2.19. The largest absolute Gasteiger partial charge is 0.452 e. The summed E-state index contributed by atoms with van der Waals surface area (Å²) in [6.45, 7) is 6.70. The molecule has 1 aromatic heterocycles. The second-order valence-electron chi connectivity index (χ2n) is 5.77. The molecule has 0 aliphatic carbocycles. The molecule has 7 nitrogen and oxygen atoms in total. The molecule has 2 rings (SSSR count). The molecule has 0 aliphatic rings. The van der Waals surface area contributed by atoms with Gasteiger partial charge in [-0.15, -0.1) is 10.2 Å². The number of nitrogens with zero attached hydrogens (tertiary/aromatic N) is 3. The van der Waals surface area contributed by atoms with Crippen LogP contribution in [0.5, 0.6) is 0 Å². The first-order valence-electron chi connectivity index (χ1n) is 8.75. The van der Waals surface area contributed by atoms with Crippen molar-refractivity contribution in [3.05, 3.63) is 29.3 Å². The van der Waals surface area contributed by atoms with Crippen LogP contribution in [0.3, 0.4) is 0 Å². The van der Waals surface area contributed by atoms with Gasteiger partial charge in [-0.25, -0.2) is 0 Å². The van der Waals surface area contributed by atoms with Crippen LogP contribution in [0, 0.1) is 0 Å². The van der Waals surface area contributed by atoms with Gasteiger partial charge in [-0.2, -0.15) is 0 Å². The van der Waals surface area contributed by atoms with Crippen molar-refractivity contribution in [3.8, 4) is 11.4 Å². The summed E-state index contributed by atoms with van der Waals surface area (Å²) in [4.78, 5) is 23.8. The highest BCUT2D eigenvalue weighted by atomic mass is 35.5. The molecule has 0 saturated heterocycles. The van der Waals surface area contributed by atoms with Crippen molar-refractivity contribution < 1.29 is 14.3 Å². The number of hydrogen-bond acceptors (Lipinski definition) is 6. The third-order valence-electron chi connectivity index (χ3n) is 3.68. The number of aromatic nitrogens is 3.